The molecule has 24 heavy (non-hydrogen) atoms. The molecule has 0 saturated carbocycles. The molecule has 5 nitrogen and oxygen atoms in total. The smallest absolute Gasteiger partial charge is 0.352 e. The van der Waals surface area contributed by atoms with Crippen LogP contribution in [0.5, 0.6) is 5.75 Å². The number of carbonyl (C=O) groups is 2. The summed E-state index contributed by atoms with van der Waals surface area (Å²) in [6, 6.07) is 12.7. The third-order valence-electron chi connectivity index (χ3n) is 3.05. The topological polar surface area (TPSA) is 75.6 Å². The fourth-order valence-electron chi connectivity index (χ4n) is 1.92. The van der Waals surface area contributed by atoms with Crippen LogP contribution in [0.15, 0.2) is 54.2 Å². The molecule has 0 heterocycles. The Balaban J connectivity index is 2.02. The molecule has 2 aromatic carbocycles. The summed E-state index contributed by atoms with van der Waals surface area (Å²) in [4.78, 5) is 22.0. The Morgan fingerprint density at radius 1 is 1.12 bits per heavy atom. The van der Waals surface area contributed by atoms with Gasteiger partial charge in [0, 0.05) is 6.92 Å². The third kappa shape index (κ3) is 5.24. The molecule has 0 fully saturated rings. The first-order valence-corrected chi connectivity index (χ1v) is 7.14. The molecule has 6 heteroatoms. The second-order valence-electron chi connectivity index (χ2n) is 5.03. The molecule has 0 saturated heterocycles. The number of carbonyl (C=O) groups excluding carboxylic acids is 1. The predicted octanol–water partition coefficient (Wildman–Crippen LogP) is 2.97. The van der Waals surface area contributed by atoms with Crippen LogP contribution in [-0.4, -0.2) is 17.0 Å². The van der Waals surface area contributed by atoms with Crippen LogP contribution in [0.3, 0.4) is 0 Å². The summed E-state index contributed by atoms with van der Waals surface area (Å²) in [5, 5.41) is 11.3. The minimum absolute atomic E-state index is 0.206. The van der Waals surface area contributed by atoms with E-state index in [0.29, 0.717) is 17.9 Å². The number of hydrogen-bond acceptors (Lipinski definition) is 3. The Morgan fingerprint density at radius 3 is 2.29 bits per heavy atom. The molecule has 0 aliphatic heterocycles. The van der Waals surface area contributed by atoms with Gasteiger partial charge in [-0.1, -0.05) is 24.3 Å². The molecule has 0 spiro atoms. The van der Waals surface area contributed by atoms with Crippen molar-refractivity contribution < 1.29 is 23.8 Å². The van der Waals surface area contributed by atoms with E-state index in [0.717, 1.165) is 5.56 Å². The van der Waals surface area contributed by atoms with Crippen molar-refractivity contribution in [3.8, 4) is 5.75 Å². The number of rotatable bonds is 6. The minimum Gasteiger partial charge on any atom is -0.489 e. The Bertz CT molecular complexity index is 752. The largest absolute Gasteiger partial charge is 0.489 e. The lowest BCUT2D eigenvalue weighted by Crippen LogP contribution is -2.24. The lowest BCUT2D eigenvalue weighted by molar-refractivity contribution is -0.134. The van der Waals surface area contributed by atoms with E-state index in [-0.39, 0.29) is 11.5 Å². The van der Waals surface area contributed by atoms with Crippen molar-refractivity contribution in [1.82, 2.24) is 5.32 Å². The van der Waals surface area contributed by atoms with Gasteiger partial charge in [0.15, 0.2) is 0 Å². The first-order chi connectivity index (χ1) is 11.4. The second-order valence-corrected chi connectivity index (χ2v) is 5.03. The van der Waals surface area contributed by atoms with E-state index in [1.807, 2.05) is 0 Å². The zero-order valence-electron chi connectivity index (χ0n) is 13.0. The first kappa shape index (κ1) is 17.2. The molecule has 1 amide bonds. The van der Waals surface area contributed by atoms with Crippen LogP contribution in [0.2, 0.25) is 0 Å². The van der Waals surface area contributed by atoms with E-state index in [9.17, 15) is 14.0 Å². The van der Waals surface area contributed by atoms with Crippen LogP contribution < -0.4 is 10.1 Å². The maximum absolute atomic E-state index is 12.8. The number of halogens is 1. The highest BCUT2D eigenvalue weighted by molar-refractivity contribution is 5.96. The number of carboxylic acid groups (broad SMARTS) is 1. The van der Waals surface area contributed by atoms with Gasteiger partial charge in [0.1, 0.15) is 23.9 Å². The number of amides is 1. The average molecular weight is 329 g/mol. The molecule has 0 aliphatic carbocycles. The van der Waals surface area contributed by atoms with E-state index in [2.05, 4.69) is 5.32 Å². The third-order valence-corrected chi connectivity index (χ3v) is 3.05. The van der Waals surface area contributed by atoms with Crippen molar-refractivity contribution >= 4 is 18.0 Å². The summed E-state index contributed by atoms with van der Waals surface area (Å²) in [5.74, 6) is -1.39. The highest BCUT2D eigenvalue weighted by atomic mass is 19.1. The summed E-state index contributed by atoms with van der Waals surface area (Å²) in [6.07, 6.45) is 1.35. The van der Waals surface area contributed by atoms with Gasteiger partial charge in [0.2, 0.25) is 5.91 Å². The van der Waals surface area contributed by atoms with Crippen molar-refractivity contribution in [2.24, 2.45) is 0 Å². The summed E-state index contributed by atoms with van der Waals surface area (Å²) < 4.78 is 18.4. The van der Waals surface area contributed by atoms with Crippen LogP contribution in [-0.2, 0) is 16.2 Å². The van der Waals surface area contributed by atoms with Gasteiger partial charge in [0.05, 0.1) is 0 Å². The number of ether oxygens (including phenoxy) is 1. The van der Waals surface area contributed by atoms with Crippen LogP contribution in [0, 0.1) is 5.82 Å². The standard InChI is InChI=1S/C18H16FNO4/c1-12(21)20-17(18(22)23)10-13-4-8-16(9-5-13)24-11-14-2-6-15(19)7-3-14/h2-10H,11H2,1H3,(H,20,21)(H,22,23). The molecule has 2 aromatic rings. The van der Waals surface area contributed by atoms with Gasteiger partial charge in [-0.05, 0) is 41.5 Å². The van der Waals surface area contributed by atoms with Gasteiger partial charge in [-0.2, -0.15) is 0 Å². The Kier molecular flexibility index (Phi) is 5.68. The van der Waals surface area contributed by atoms with E-state index < -0.39 is 11.9 Å². The molecule has 0 unspecified atom stereocenters. The van der Waals surface area contributed by atoms with Crippen LogP contribution in [0.25, 0.3) is 6.08 Å². The maximum atomic E-state index is 12.8. The molecular formula is C18H16FNO4. The predicted molar refractivity (Wildman–Crippen MR) is 86.6 cm³/mol. The summed E-state index contributed by atoms with van der Waals surface area (Å²) in [6.45, 7) is 1.53. The molecule has 0 atom stereocenters. The van der Waals surface area contributed by atoms with E-state index in [1.165, 1.54) is 25.1 Å². The number of aliphatic carboxylic acids is 1. The summed E-state index contributed by atoms with van der Waals surface area (Å²) >= 11 is 0. The van der Waals surface area contributed by atoms with Crippen LogP contribution in [0.1, 0.15) is 18.1 Å². The Labute approximate surface area is 138 Å². The van der Waals surface area contributed by atoms with Crippen molar-refractivity contribution in [1.29, 1.82) is 0 Å². The molecule has 0 aliphatic rings. The van der Waals surface area contributed by atoms with Gasteiger partial charge in [-0.3, -0.25) is 4.79 Å². The fraction of sp³-hybridized carbons (Fsp3) is 0.111. The SMILES string of the molecule is CC(=O)NC(=Cc1ccc(OCc2ccc(F)cc2)cc1)C(=O)O. The molecule has 2 N–H and O–H groups in total. The number of benzene rings is 2. The molecule has 124 valence electrons. The lowest BCUT2D eigenvalue weighted by Gasteiger charge is -2.07. The van der Waals surface area contributed by atoms with E-state index in [1.54, 1.807) is 36.4 Å². The normalized spacial score (nSPS) is 11.0. The zero-order valence-corrected chi connectivity index (χ0v) is 13.0. The van der Waals surface area contributed by atoms with Crippen molar-refractivity contribution in [3.05, 3.63) is 71.2 Å². The lowest BCUT2D eigenvalue weighted by atomic mass is 10.2. The highest BCUT2D eigenvalue weighted by Crippen LogP contribution is 2.16. The van der Waals surface area contributed by atoms with Gasteiger partial charge < -0.3 is 15.2 Å². The van der Waals surface area contributed by atoms with Crippen molar-refractivity contribution in [2.45, 2.75) is 13.5 Å². The van der Waals surface area contributed by atoms with E-state index in [4.69, 9.17) is 9.84 Å². The molecular weight excluding hydrogens is 313 g/mol. The van der Waals surface area contributed by atoms with Gasteiger partial charge in [-0.25, -0.2) is 9.18 Å². The molecule has 2 rings (SSSR count). The fourth-order valence-corrected chi connectivity index (χ4v) is 1.92. The summed E-state index contributed by atoms with van der Waals surface area (Å²) in [7, 11) is 0. The Hall–Kier alpha value is -3.15. The maximum Gasteiger partial charge on any atom is 0.352 e. The number of carboxylic acids is 1. The van der Waals surface area contributed by atoms with Crippen LogP contribution >= 0.6 is 0 Å². The van der Waals surface area contributed by atoms with Gasteiger partial charge in [0.25, 0.3) is 0 Å². The minimum atomic E-state index is -1.22. The monoisotopic (exact) mass is 329 g/mol. The number of nitrogens with one attached hydrogen (secondary N) is 1. The van der Waals surface area contributed by atoms with Crippen molar-refractivity contribution in [3.63, 3.8) is 0 Å². The zero-order chi connectivity index (χ0) is 17.5. The van der Waals surface area contributed by atoms with E-state index >= 15 is 0 Å². The highest BCUT2D eigenvalue weighted by Gasteiger charge is 2.08. The summed E-state index contributed by atoms with van der Waals surface area (Å²) in [5.41, 5.74) is 1.23. The average Bonchev–Trinajstić information content (AvgIpc) is 2.54. The molecule has 0 radical (unpaired) electrons. The second kappa shape index (κ2) is 7.92. The quantitative estimate of drug-likeness (QED) is 0.799. The van der Waals surface area contributed by atoms with Crippen LogP contribution in [0.4, 0.5) is 4.39 Å². The molecule has 0 aromatic heterocycles. The van der Waals surface area contributed by atoms with Crippen molar-refractivity contribution in [2.75, 3.05) is 0 Å². The molecule has 0 bridgehead atoms. The Morgan fingerprint density at radius 2 is 1.75 bits per heavy atom. The first-order valence-electron chi connectivity index (χ1n) is 7.14. The number of hydrogen-bond donors (Lipinski definition) is 2. The van der Waals surface area contributed by atoms with Gasteiger partial charge in [-0.15, -0.1) is 0 Å². The van der Waals surface area contributed by atoms with Gasteiger partial charge >= 0.3 is 5.97 Å².